The summed E-state index contributed by atoms with van der Waals surface area (Å²) in [6.45, 7) is 10.6. The van der Waals surface area contributed by atoms with Crippen LogP contribution in [0.2, 0.25) is 0 Å². The quantitative estimate of drug-likeness (QED) is 0.688. The Kier molecular flexibility index (Phi) is 2.32. The summed E-state index contributed by atoms with van der Waals surface area (Å²) in [5.41, 5.74) is 5.38. The van der Waals surface area contributed by atoms with Gasteiger partial charge in [0.25, 0.3) is 0 Å². The van der Waals surface area contributed by atoms with Crippen LogP contribution in [0.1, 0.15) is 30.5 Å². The van der Waals surface area contributed by atoms with Crippen molar-refractivity contribution in [3.05, 3.63) is 41.5 Å². The van der Waals surface area contributed by atoms with Gasteiger partial charge in [-0.2, -0.15) is 0 Å². The van der Waals surface area contributed by atoms with Crippen molar-refractivity contribution in [3.8, 4) is 0 Å². The molecule has 1 aromatic rings. The van der Waals surface area contributed by atoms with Crippen LogP contribution >= 0.6 is 0 Å². The highest BCUT2D eigenvalue weighted by Crippen LogP contribution is 2.31. The van der Waals surface area contributed by atoms with Crippen LogP contribution < -0.4 is 0 Å². The van der Waals surface area contributed by atoms with Crippen molar-refractivity contribution in [2.75, 3.05) is 6.54 Å². The number of benzene rings is 1. The van der Waals surface area contributed by atoms with Crippen LogP contribution in [0.5, 0.6) is 0 Å². The molecule has 1 aliphatic heterocycles. The van der Waals surface area contributed by atoms with Crippen molar-refractivity contribution >= 4 is 5.70 Å². The van der Waals surface area contributed by atoms with Gasteiger partial charge in [-0.15, -0.1) is 0 Å². The van der Waals surface area contributed by atoms with Crippen molar-refractivity contribution in [2.24, 2.45) is 0 Å². The molecule has 0 radical (unpaired) electrons. The molecule has 0 amide bonds. The second-order valence-electron chi connectivity index (χ2n) is 3.81. The third-order valence-corrected chi connectivity index (χ3v) is 3.02. The number of fused-ring (bicyclic) bond motifs is 1. The second-order valence-corrected chi connectivity index (χ2v) is 3.81. The van der Waals surface area contributed by atoms with E-state index in [2.05, 4.69) is 43.5 Å². The molecule has 74 valence electrons. The maximum Gasteiger partial charge on any atom is 0.0436 e. The summed E-state index contributed by atoms with van der Waals surface area (Å²) in [7, 11) is 0. The Balaban J connectivity index is 2.40. The summed E-state index contributed by atoms with van der Waals surface area (Å²) in [5, 5.41) is 0. The molecule has 0 saturated carbocycles. The number of nitrogens with zero attached hydrogens (tertiary/aromatic N) is 1. The van der Waals surface area contributed by atoms with Gasteiger partial charge in [0.2, 0.25) is 0 Å². The van der Waals surface area contributed by atoms with Gasteiger partial charge in [0, 0.05) is 24.4 Å². The molecule has 14 heavy (non-hydrogen) atoms. The molecular weight excluding hydrogens is 170 g/mol. The van der Waals surface area contributed by atoms with E-state index in [0.29, 0.717) is 0 Å². The zero-order valence-corrected chi connectivity index (χ0v) is 9.01. The molecular formula is C13H17N. The summed E-state index contributed by atoms with van der Waals surface area (Å²) in [6, 6.07) is 6.76. The first-order valence-corrected chi connectivity index (χ1v) is 5.32. The lowest BCUT2D eigenvalue weighted by molar-refractivity contribution is 0.434. The average molecular weight is 187 g/mol. The molecule has 0 aromatic heterocycles. The lowest BCUT2D eigenvalue weighted by Crippen LogP contribution is -2.13. The maximum absolute atomic E-state index is 4.15. The highest BCUT2D eigenvalue weighted by atomic mass is 15.1. The molecule has 0 aliphatic carbocycles. The molecule has 0 fully saturated rings. The predicted octanol–water partition coefficient (Wildman–Crippen LogP) is 3.06. The van der Waals surface area contributed by atoms with Crippen LogP contribution in [0.4, 0.5) is 0 Å². The van der Waals surface area contributed by atoms with Crippen LogP contribution in [-0.4, -0.2) is 11.4 Å². The Morgan fingerprint density at radius 1 is 1.36 bits per heavy atom. The zero-order chi connectivity index (χ0) is 10.1. The van der Waals surface area contributed by atoms with Crippen LogP contribution in [-0.2, 0) is 13.0 Å². The number of hydrogen-bond donors (Lipinski definition) is 0. The molecule has 0 atom stereocenters. The van der Waals surface area contributed by atoms with E-state index in [0.717, 1.165) is 19.5 Å². The van der Waals surface area contributed by atoms with Crippen LogP contribution in [0.25, 0.3) is 5.70 Å². The topological polar surface area (TPSA) is 3.24 Å². The first-order chi connectivity index (χ1) is 6.76. The van der Waals surface area contributed by atoms with Gasteiger partial charge < -0.3 is 4.90 Å². The van der Waals surface area contributed by atoms with E-state index < -0.39 is 0 Å². The minimum absolute atomic E-state index is 1.04. The van der Waals surface area contributed by atoms with Crippen LogP contribution in [0.15, 0.2) is 24.8 Å². The number of rotatable bonds is 2. The summed E-state index contributed by atoms with van der Waals surface area (Å²) < 4.78 is 0. The predicted molar refractivity (Wildman–Crippen MR) is 60.9 cm³/mol. The van der Waals surface area contributed by atoms with Gasteiger partial charge in [-0.25, -0.2) is 0 Å². The molecule has 0 spiro atoms. The second kappa shape index (κ2) is 3.49. The average Bonchev–Trinajstić information content (AvgIpc) is 2.55. The van der Waals surface area contributed by atoms with E-state index in [4.69, 9.17) is 0 Å². The lowest BCUT2D eigenvalue weighted by Gasteiger charge is -2.15. The van der Waals surface area contributed by atoms with Gasteiger partial charge >= 0.3 is 0 Å². The fraction of sp³-hybridized carbons (Fsp3) is 0.385. The van der Waals surface area contributed by atoms with Crippen molar-refractivity contribution in [1.29, 1.82) is 0 Å². The van der Waals surface area contributed by atoms with E-state index >= 15 is 0 Å². The highest BCUT2D eigenvalue weighted by Gasteiger charge is 2.20. The third kappa shape index (κ3) is 1.33. The van der Waals surface area contributed by atoms with Crippen LogP contribution in [0.3, 0.4) is 0 Å². The van der Waals surface area contributed by atoms with E-state index in [1.807, 2.05) is 0 Å². The Morgan fingerprint density at radius 3 is 2.79 bits per heavy atom. The normalized spacial score (nSPS) is 14.7. The lowest BCUT2D eigenvalue weighted by atomic mass is 10.0. The first-order valence-electron chi connectivity index (χ1n) is 5.32. The van der Waals surface area contributed by atoms with Crippen molar-refractivity contribution in [1.82, 2.24) is 4.90 Å². The van der Waals surface area contributed by atoms with Gasteiger partial charge in [-0.3, -0.25) is 0 Å². The highest BCUT2D eigenvalue weighted by molar-refractivity contribution is 5.69. The fourth-order valence-electron chi connectivity index (χ4n) is 2.02. The molecule has 1 heteroatoms. The van der Waals surface area contributed by atoms with E-state index in [-0.39, 0.29) is 0 Å². The maximum atomic E-state index is 4.15. The Labute approximate surface area is 86.1 Å². The smallest absolute Gasteiger partial charge is 0.0436 e. The van der Waals surface area contributed by atoms with Crippen molar-refractivity contribution in [3.63, 3.8) is 0 Å². The van der Waals surface area contributed by atoms with Gasteiger partial charge in [0.1, 0.15) is 0 Å². The fourth-order valence-corrected chi connectivity index (χ4v) is 2.02. The molecule has 0 unspecified atom stereocenters. The van der Waals surface area contributed by atoms with Gasteiger partial charge in [-0.1, -0.05) is 25.6 Å². The van der Waals surface area contributed by atoms with E-state index in [1.165, 1.54) is 22.4 Å². The molecule has 1 aromatic carbocycles. The monoisotopic (exact) mass is 187 g/mol. The molecule has 0 saturated heterocycles. The first kappa shape index (κ1) is 9.32. The largest absolute Gasteiger partial charge is 0.367 e. The van der Waals surface area contributed by atoms with Crippen molar-refractivity contribution < 1.29 is 0 Å². The summed E-state index contributed by atoms with van der Waals surface area (Å²) in [5.74, 6) is 0. The molecule has 0 bridgehead atoms. The summed E-state index contributed by atoms with van der Waals surface area (Å²) in [4.78, 5) is 2.32. The molecule has 0 N–H and O–H groups in total. The standard InChI is InChI=1S/C13H17N/c1-4-11-6-7-12-9-14(5-2)10(3)13(12)8-11/h6-8H,3-5,9H2,1-2H3. The minimum Gasteiger partial charge on any atom is -0.367 e. The molecule has 1 nitrogen and oxygen atoms in total. The molecule has 1 aliphatic rings. The van der Waals surface area contributed by atoms with E-state index in [1.54, 1.807) is 0 Å². The van der Waals surface area contributed by atoms with Gasteiger partial charge in [0.15, 0.2) is 0 Å². The number of aryl methyl sites for hydroxylation is 1. The van der Waals surface area contributed by atoms with Crippen LogP contribution in [0, 0.1) is 0 Å². The number of hydrogen-bond acceptors (Lipinski definition) is 1. The summed E-state index contributed by atoms with van der Waals surface area (Å²) >= 11 is 0. The van der Waals surface area contributed by atoms with Crippen molar-refractivity contribution in [2.45, 2.75) is 26.8 Å². The third-order valence-electron chi connectivity index (χ3n) is 3.02. The van der Waals surface area contributed by atoms with Gasteiger partial charge in [0.05, 0.1) is 0 Å². The molecule has 2 rings (SSSR count). The Morgan fingerprint density at radius 2 is 2.14 bits per heavy atom. The minimum atomic E-state index is 1.04. The molecule has 1 heterocycles. The Bertz CT molecular complexity index is 365. The zero-order valence-electron chi connectivity index (χ0n) is 9.01. The van der Waals surface area contributed by atoms with E-state index in [9.17, 15) is 0 Å². The Hall–Kier alpha value is -1.24. The van der Waals surface area contributed by atoms with Gasteiger partial charge in [-0.05, 0) is 30.5 Å². The summed E-state index contributed by atoms with van der Waals surface area (Å²) in [6.07, 6.45) is 1.10. The SMILES string of the molecule is C=C1c2cc(CC)ccc2CN1CC.